The number of fused-ring (bicyclic) bond motifs is 1. The Hall–Kier alpha value is -3.65. The summed E-state index contributed by atoms with van der Waals surface area (Å²) in [6.45, 7) is 1.63. The molecule has 0 radical (unpaired) electrons. The zero-order valence-electron chi connectivity index (χ0n) is 17.0. The lowest BCUT2D eigenvalue weighted by molar-refractivity contribution is -0.143. The van der Waals surface area contributed by atoms with Crippen LogP contribution in [0.25, 0.3) is 27.0 Å². The van der Waals surface area contributed by atoms with E-state index in [-0.39, 0.29) is 13.2 Å². The Morgan fingerprint density at radius 3 is 2.39 bits per heavy atom. The van der Waals surface area contributed by atoms with Crippen LogP contribution in [-0.4, -0.2) is 28.8 Å². The molecule has 31 heavy (non-hydrogen) atoms. The Morgan fingerprint density at radius 1 is 1.03 bits per heavy atom. The van der Waals surface area contributed by atoms with E-state index < -0.39 is 17.2 Å². The molecule has 0 unspecified atom stereocenters. The molecule has 0 amide bonds. The molecular formula is C23H20N2O5S. The van der Waals surface area contributed by atoms with Gasteiger partial charge in [0, 0.05) is 10.9 Å². The second kappa shape index (κ2) is 8.61. The van der Waals surface area contributed by atoms with Gasteiger partial charge in [0.2, 0.25) is 0 Å². The standard InChI is InChI=1S/C23H20N2O5S/c1-3-30-19(26)13-24-22-20(18(14-31-22)15-9-11-17(29-2)12-10-15)21(27)25(23(24)28)16-7-5-4-6-8-16/h4-12,14H,3,13H2,1-2H3. The Bertz CT molecular complexity index is 1350. The number of esters is 1. The number of nitrogens with zero attached hydrogens (tertiary/aromatic N) is 2. The number of benzene rings is 2. The summed E-state index contributed by atoms with van der Waals surface area (Å²) in [6.07, 6.45) is 0. The highest BCUT2D eigenvalue weighted by Gasteiger charge is 2.21. The quantitative estimate of drug-likeness (QED) is 0.433. The first-order valence-electron chi connectivity index (χ1n) is 9.67. The summed E-state index contributed by atoms with van der Waals surface area (Å²) in [5.41, 5.74) is 0.919. The highest BCUT2D eigenvalue weighted by atomic mass is 32.1. The number of carbonyl (C=O) groups is 1. The molecular weight excluding hydrogens is 416 g/mol. The van der Waals surface area contributed by atoms with E-state index in [4.69, 9.17) is 9.47 Å². The molecule has 158 valence electrons. The molecule has 0 spiro atoms. The summed E-state index contributed by atoms with van der Waals surface area (Å²) >= 11 is 1.25. The molecule has 0 saturated carbocycles. The van der Waals surface area contributed by atoms with Crippen molar-refractivity contribution in [1.82, 2.24) is 9.13 Å². The molecule has 2 aromatic carbocycles. The number of thiophene rings is 1. The van der Waals surface area contributed by atoms with Crippen LogP contribution < -0.4 is 16.0 Å². The Morgan fingerprint density at radius 2 is 1.74 bits per heavy atom. The van der Waals surface area contributed by atoms with Crippen molar-refractivity contribution in [2.45, 2.75) is 13.5 Å². The van der Waals surface area contributed by atoms with Gasteiger partial charge in [-0.3, -0.25) is 14.2 Å². The third-order valence-electron chi connectivity index (χ3n) is 4.86. The van der Waals surface area contributed by atoms with E-state index in [1.165, 1.54) is 15.9 Å². The fraction of sp³-hybridized carbons (Fsp3) is 0.174. The van der Waals surface area contributed by atoms with E-state index in [1.807, 2.05) is 29.6 Å². The van der Waals surface area contributed by atoms with Gasteiger partial charge in [-0.05, 0) is 36.8 Å². The highest BCUT2D eigenvalue weighted by Crippen LogP contribution is 2.32. The molecule has 0 saturated heterocycles. The number of carbonyl (C=O) groups excluding carboxylic acids is 1. The van der Waals surface area contributed by atoms with Crippen molar-refractivity contribution in [2.24, 2.45) is 0 Å². The number of methoxy groups -OCH3 is 1. The van der Waals surface area contributed by atoms with E-state index >= 15 is 0 Å². The van der Waals surface area contributed by atoms with Crippen molar-refractivity contribution in [3.63, 3.8) is 0 Å². The van der Waals surface area contributed by atoms with Crippen molar-refractivity contribution >= 4 is 27.5 Å². The molecule has 0 atom stereocenters. The van der Waals surface area contributed by atoms with Crippen LogP contribution in [0.2, 0.25) is 0 Å². The van der Waals surface area contributed by atoms with Crippen LogP contribution in [0.4, 0.5) is 0 Å². The van der Waals surface area contributed by atoms with E-state index in [0.29, 0.717) is 27.2 Å². The topological polar surface area (TPSA) is 79.5 Å². The Balaban J connectivity index is 2.02. The minimum atomic E-state index is -0.583. The number of aromatic nitrogens is 2. The molecule has 2 heterocycles. The second-order valence-corrected chi connectivity index (χ2v) is 7.57. The van der Waals surface area contributed by atoms with Gasteiger partial charge in [-0.2, -0.15) is 0 Å². The van der Waals surface area contributed by atoms with Gasteiger partial charge >= 0.3 is 11.7 Å². The number of para-hydroxylation sites is 1. The molecule has 0 N–H and O–H groups in total. The normalized spacial score (nSPS) is 10.9. The molecule has 4 aromatic rings. The number of ether oxygens (including phenoxy) is 2. The van der Waals surface area contributed by atoms with Crippen LogP contribution in [0.15, 0.2) is 69.6 Å². The molecule has 0 aliphatic heterocycles. The van der Waals surface area contributed by atoms with Crippen LogP contribution in [0.3, 0.4) is 0 Å². The van der Waals surface area contributed by atoms with Gasteiger partial charge in [-0.15, -0.1) is 11.3 Å². The summed E-state index contributed by atoms with van der Waals surface area (Å²) in [4.78, 5) is 39.4. The van der Waals surface area contributed by atoms with Gasteiger partial charge in [0.05, 0.1) is 24.8 Å². The lowest BCUT2D eigenvalue weighted by atomic mass is 10.1. The maximum absolute atomic E-state index is 13.5. The van der Waals surface area contributed by atoms with Crippen molar-refractivity contribution in [3.05, 3.63) is 80.8 Å². The maximum atomic E-state index is 13.5. The molecule has 0 aliphatic rings. The lowest BCUT2D eigenvalue weighted by Crippen LogP contribution is -2.40. The van der Waals surface area contributed by atoms with Crippen LogP contribution in [0, 0.1) is 0 Å². The fourth-order valence-corrected chi connectivity index (χ4v) is 4.49. The van der Waals surface area contributed by atoms with Crippen molar-refractivity contribution in [2.75, 3.05) is 13.7 Å². The highest BCUT2D eigenvalue weighted by molar-refractivity contribution is 7.17. The van der Waals surface area contributed by atoms with E-state index in [2.05, 4.69) is 0 Å². The van der Waals surface area contributed by atoms with Gasteiger partial charge in [-0.1, -0.05) is 30.3 Å². The first-order chi connectivity index (χ1) is 15.0. The molecule has 0 aliphatic carbocycles. The zero-order chi connectivity index (χ0) is 22.0. The largest absolute Gasteiger partial charge is 0.497 e. The minimum Gasteiger partial charge on any atom is -0.497 e. The first-order valence-corrected chi connectivity index (χ1v) is 10.6. The zero-order valence-corrected chi connectivity index (χ0v) is 17.8. The molecule has 2 aromatic heterocycles. The van der Waals surface area contributed by atoms with Crippen molar-refractivity contribution < 1.29 is 14.3 Å². The number of rotatable bonds is 6. The summed E-state index contributed by atoms with van der Waals surface area (Å²) in [6, 6.07) is 16.0. The molecule has 7 nitrogen and oxygen atoms in total. The minimum absolute atomic E-state index is 0.205. The van der Waals surface area contributed by atoms with Crippen LogP contribution in [0.1, 0.15) is 6.92 Å². The Labute approximate surface area is 181 Å². The van der Waals surface area contributed by atoms with Gasteiger partial charge in [-0.25, -0.2) is 9.36 Å². The smallest absolute Gasteiger partial charge is 0.337 e. The second-order valence-electron chi connectivity index (χ2n) is 6.71. The predicted molar refractivity (Wildman–Crippen MR) is 120 cm³/mol. The fourth-order valence-electron chi connectivity index (χ4n) is 3.42. The number of hydrogen-bond acceptors (Lipinski definition) is 6. The molecule has 8 heteroatoms. The van der Waals surface area contributed by atoms with E-state index in [1.54, 1.807) is 44.4 Å². The van der Waals surface area contributed by atoms with E-state index in [9.17, 15) is 14.4 Å². The summed E-state index contributed by atoms with van der Waals surface area (Å²) in [5, 5.41) is 2.20. The number of hydrogen-bond donors (Lipinski definition) is 0. The van der Waals surface area contributed by atoms with Gasteiger partial charge in [0.15, 0.2) is 0 Å². The predicted octanol–water partition coefficient (Wildman–Crippen LogP) is 3.45. The third-order valence-corrected chi connectivity index (χ3v) is 5.87. The molecule has 0 bridgehead atoms. The van der Waals surface area contributed by atoms with Gasteiger partial charge < -0.3 is 9.47 Å². The maximum Gasteiger partial charge on any atom is 0.337 e. The summed E-state index contributed by atoms with van der Waals surface area (Å²) < 4.78 is 12.7. The summed E-state index contributed by atoms with van der Waals surface area (Å²) in [5.74, 6) is 0.160. The Kier molecular flexibility index (Phi) is 5.73. The lowest BCUT2D eigenvalue weighted by Gasteiger charge is -2.12. The van der Waals surface area contributed by atoms with Crippen LogP contribution in [-0.2, 0) is 16.1 Å². The van der Waals surface area contributed by atoms with Crippen molar-refractivity contribution in [3.8, 4) is 22.6 Å². The van der Waals surface area contributed by atoms with Crippen molar-refractivity contribution in [1.29, 1.82) is 0 Å². The average Bonchev–Trinajstić information content (AvgIpc) is 3.23. The van der Waals surface area contributed by atoms with Gasteiger partial charge in [0.1, 0.15) is 17.1 Å². The van der Waals surface area contributed by atoms with Gasteiger partial charge in [0.25, 0.3) is 5.56 Å². The third kappa shape index (κ3) is 3.77. The van der Waals surface area contributed by atoms with E-state index in [0.717, 1.165) is 10.1 Å². The van der Waals surface area contributed by atoms with Crippen LogP contribution in [0.5, 0.6) is 5.75 Å². The summed E-state index contributed by atoms with van der Waals surface area (Å²) in [7, 11) is 1.58. The SMILES string of the molecule is CCOC(=O)Cn1c(=O)n(-c2ccccc2)c(=O)c2c(-c3ccc(OC)cc3)csc21. The molecule has 0 fully saturated rings. The molecule has 4 rings (SSSR count). The van der Waals surface area contributed by atoms with Crippen LogP contribution >= 0.6 is 11.3 Å². The first kappa shape index (κ1) is 20.6. The average molecular weight is 436 g/mol. The monoisotopic (exact) mass is 436 g/mol.